The average molecular weight is 545 g/mol. The van der Waals surface area contributed by atoms with Crippen LogP contribution in [0.5, 0.6) is 5.75 Å². The first-order valence-corrected chi connectivity index (χ1v) is 12.9. The average Bonchev–Trinajstić information content (AvgIpc) is 3.22. The number of nitrogens with one attached hydrogen (secondary N) is 2. The largest absolute Gasteiger partial charge is 0.496 e. The Morgan fingerprint density at radius 2 is 1.80 bits per heavy atom. The maximum Gasteiger partial charge on any atom is 0.327 e. The number of anilines is 1. The van der Waals surface area contributed by atoms with E-state index in [0.717, 1.165) is 32.5 Å². The molecule has 40 heavy (non-hydrogen) atoms. The van der Waals surface area contributed by atoms with Crippen LogP contribution in [0.4, 0.5) is 14.5 Å². The molecule has 0 atom stereocenters. The van der Waals surface area contributed by atoms with E-state index in [1.54, 1.807) is 33.1 Å². The van der Waals surface area contributed by atoms with E-state index in [0.29, 0.717) is 17.0 Å². The van der Waals surface area contributed by atoms with E-state index >= 15 is 0 Å². The van der Waals surface area contributed by atoms with Gasteiger partial charge in [0.2, 0.25) is 0 Å². The number of rotatable bonds is 7. The minimum atomic E-state index is -3.01. The van der Waals surface area contributed by atoms with Gasteiger partial charge in [-0.15, -0.1) is 5.92 Å². The van der Waals surface area contributed by atoms with Crippen LogP contribution < -0.4 is 14.8 Å². The summed E-state index contributed by atoms with van der Waals surface area (Å²) in [4.78, 5) is 16.2. The molecule has 4 aromatic rings. The fourth-order valence-corrected chi connectivity index (χ4v) is 4.90. The molecule has 0 saturated carbocycles. The van der Waals surface area contributed by atoms with Crippen molar-refractivity contribution >= 4 is 11.6 Å². The summed E-state index contributed by atoms with van der Waals surface area (Å²) in [5.41, 5.74) is 5.73. The number of carbonyl (C=O) groups excluding carboxylic acids is 1. The number of aromatic nitrogens is 2. The van der Waals surface area contributed by atoms with Crippen molar-refractivity contribution < 1.29 is 28.2 Å². The van der Waals surface area contributed by atoms with Crippen LogP contribution in [0.3, 0.4) is 0 Å². The molecule has 0 aliphatic heterocycles. The van der Waals surface area contributed by atoms with Gasteiger partial charge in [0.15, 0.2) is 5.69 Å². The van der Waals surface area contributed by atoms with Crippen molar-refractivity contribution in [2.24, 2.45) is 0 Å². The number of halogens is 2. The third-order valence-corrected chi connectivity index (χ3v) is 6.83. The number of alkyl halides is 2. The summed E-state index contributed by atoms with van der Waals surface area (Å²) in [6, 6.07) is 15.0. The number of aromatic amines is 1. The van der Waals surface area contributed by atoms with Gasteiger partial charge in [-0.2, -0.15) is 0 Å². The molecule has 4 rings (SSSR count). The Morgan fingerprint density at radius 3 is 2.42 bits per heavy atom. The monoisotopic (exact) mass is 544 g/mol. The lowest BCUT2D eigenvalue weighted by molar-refractivity contribution is -0.896. The zero-order valence-corrected chi connectivity index (χ0v) is 23.4. The molecular formula is C32H32F2N3O3+. The van der Waals surface area contributed by atoms with E-state index in [1.165, 1.54) is 31.2 Å². The first-order valence-electron chi connectivity index (χ1n) is 12.9. The molecule has 0 spiro atoms. The topological polar surface area (TPSA) is 78.2 Å². The highest BCUT2D eigenvalue weighted by Crippen LogP contribution is 2.38. The van der Waals surface area contributed by atoms with Crippen molar-refractivity contribution in [2.75, 3.05) is 12.4 Å². The molecule has 0 unspecified atom stereocenters. The van der Waals surface area contributed by atoms with Crippen molar-refractivity contribution in [1.82, 2.24) is 4.98 Å². The molecule has 0 fully saturated rings. The number of carbonyl (C=O) groups is 1. The quantitative estimate of drug-likeness (QED) is 0.134. The lowest BCUT2D eigenvalue weighted by atomic mass is 9.92. The second kappa shape index (κ2) is 11.2. The van der Waals surface area contributed by atoms with E-state index < -0.39 is 11.8 Å². The SMILES string of the molecule is CC#Cc1cc(C)c(-c2cc(-c3[nH]c(C)c(C(=O)Nc4cccc(C(F)(F)CC)c4)[n+]3O)ccc2OC)c(C)c1. The van der Waals surface area contributed by atoms with Crippen molar-refractivity contribution in [2.45, 2.75) is 47.0 Å². The summed E-state index contributed by atoms with van der Waals surface area (Å²) in [5, 5.41) is 13.7. The van der Waals surface area contributed by atoms with E-state index in [4.69, 9.17) is 4.74 Å². The van der Waals surface area contributed by atoms with Crippen LogP contribution >= 0.6 is 0 Å². The Hall–Kier alpha value is -4.64. The van der Waals surface area contributed by atoms with Gasteiger partial charge in [0.1, 0.15) is 5.75 Å². The fourth-order valence-electron chi connectivity index (χ4n) is 4.90. The van der Waals surface area contributed by atoms with E-state index in [2.05, 4.69) is 22.1 Å². The minimum absolute atomic E-state index is 0.0464. The molecule has 3 N–H and O–H groups in total. The summed E-state index contributed by atoms with van der Waals surface area (Å²) in [7, 11) is 1.60. The Labute approximate surface area is 232 Å². The van der Waals surface area contributed by atoms with E-state index in [9.17, 15) is 18.8 Å². The number of amides is 1. The van der Waals surface area contributed by atoms with Crippen LogP contribution in [0.15, 0.2) is 54.6 Å². The molecule has 6 nitrogen and oxygen atoms in total. The number of imidazole rings is 1. The van der Waals surface area contributed by atoms with Gasteiger partial charge >= 0.3 is 11.7 Å². The van der Waals surface area contributed by atoms with Crippen LogP contribution in [-0.2, 0) is 5.92 Å². The molecule has 1 heterocycles. The molecule has 3 aromatic carbocycles. The van der Waals surface area contributed by atoms with Gasteiger partial charge in [0, 0.05) is 35.7 Å². The molecule has 0 radical (unpaired) electrons. The van der Waals surface area contributed by atoms with Gasteiger partial charge in [-0.25, -0.2) is 13.8 Å². The van der Waals surface area contributed by atoms with Crippen LogP contribution in [-0.4, -0.2) is 23.2 Å². The number of H-pyrrole nitrogens is 1. The molecule has 0 aliphatic carbocycles. The number of aryl methyl sites for hydroxylation is 3. The van der Waals surface area contributed by atoms with Crippen molar-refractivity contribution in [3.8, 4) is 40.1 Å². The third kappa shape index (κ3) is 5.41. The lowest BCUT2D eigenvalue weighted by Crippen LogP contribution is -2.39. The summed E-state index contributed by atoms with van der Waals surface area (Å²) in [6.07, 6.45) is -0.360. The molecule has 1 aromatic heterocycles. The molecule has 206 valence electrons. The zero-order chi connectivity index (χ0) is 29.2. The minimum Gasteiger partial charge on any atom is -0.496 e. The maximum atomic E-state index is 14.2. The number of methoxy groups -OCH3 is 1. The van der Waals surface area contributed by atoms with Crippen LogP contribution in [0.25, 0.3) is 22.5 Å². The summed E-state index contributed by atoms with van der Waals surface area (Å²) < 4.78 is 34.8. The van der Waals surface area contributed by atoms with Gasteiger partial charge in [-0.05, 0) is 84.7 Å². The fraction of sp³-hybridized carbons (Fsp3) is 0.250. The van der Waals surface area contributed by atoms with Crippen LogP contribution in [0.2, 0.25) is 0 Å². The number of benzene rings is 3. The Balaban J connectivity index is 1.73. The number of nitrogens with zero attached hydrogens (tertiary/aromatic N) is 1. The summed E-state index contributed by atoms with van der Waals surface area (Å²) >= 11 is 0. The smallest absolute Gasteiger partial charge is 0.327 e. The summed E-state index contributed by atoms with van der Waals surface area (Å²) in [5.74, 6) is 3.29. The van der Waals surface area contributed by atoms with Gasteiger partial charge in [-0.1, -0.05) is 25.0 Å². The molecule has 0 aliphatic rings. The molecule has 1 amide bonds. The highest BCUT2D eigenvalue weighted by molar-refractivity contribution is 6.02. The Morgan fingerprint density at radius 1 is 1.10 bits per heavy atom. The van der Waals surface area contributed by atoms with Gasteiger partial charge < -0.3 is 15.3 Å². The standard InChI is InChI=1S/C32H31F2N3O3/c1-7-10-22-15-19(3)28(20(4)16-22)26-17-23(13-14-27(26)40-6)30-35-21(5)29(37(30)39)31(38)36-25-12-9-11-24(18-25)32(33,34)8-2/h9,11-18,39H,8H2,1-6H3,(H,36,38)/p+1. The number of hydrogen-bond donors (Lipinski definition) is 3. The molecule has 0 bridgehead atoms. The Kier molecular flexibility index (Phi) is 7.96. The maximum absolute atomic E-state index is 14.2. The van der Waals surface area contributed by atoms with Crippen LogP contribution in [0.1, 0.15) is 58.7 Å². The van der Waals surface area contributed by atoms with Crippen molar-refractivity contribution in [3.05, 3.63) is 88.2 Å². The first-order chi connectivity index (χ1) is 19.0. The third-order valence-electron chi connectivity index (χ3n) is 6.83. The second-order valence-electron chi connectivity index (χ2n) is 9.63. The normalized spacial score (nSPS) is 11.1. The molecule has 0 saturated heterocycles. The highest BCUT2D eigenvalue weighted by Gasteiger charge is 2.32. The predicted octanol–water partition coefficient (Wildman–Crippen LogP) is 6.93. The predicted molar refractivity (Wildman–Crippen MR) is 151 cm³/mol. The second-order valence-corrected chi connectivity index (χ2v) is 9.63. The first kappa shape index (κ1) is 28.4. The van der Waals surface area contributed by atoms with Gasteiger partial charge in [0.25, 0.3) is 11.6 Å². The van der Waals surface area contributed by atoms with Gasteiger partial charge in [-0.3, -0.25) is 4.79 Å². The zero-order valence-electron chi connectivity index (χ0n) is 23.4. The Bertz CT molecular complexity index is 1640. The molecule has 8 heteroatoms. The number of hydrogen-bond acceptors (Lipinski definition) is 3. The summed E-state index contributed by atoms with van der Waals surface area (Å²) in [6.45, 7) is 8.86. The highest BCUT2D eigenvalue weighted by atomic mass is 19.3. The van der Waals surface area contributed by atoms with E-state index in [1.807, 2.05) is 32.0 Å². The number of ether oxygens (including phenoxy) is 1. The van der Waals surface area contributed by atoms with Crippen LogP contribution in [0, 0.1) is 32.6 Å². The van der Waals surface area contributed by atoms with E-state index in [-0.39, 0.29) is 29.2 Å². The van der Waals surface area contributed by atoms with Crippen molar-refractivity contribution in [1.29, 1.82) is 0 Å². The lowest BCUT2D eigenvalue weighted by Gasteiger charge is -2.15. The van der Waals surface area contributed by atoms with Gasteiger partial charge in [0.05, 0.1) is 12.7 Å². The van der Waals surface area contributed by atoms with Crippen molar-refractivity contribution in [3.63, 3.8) is 0 Å². The molecular weight excluding hydrogens is 512 g/mol.